The molecule has 5 nitrogen and oxygen atoms in total. The highest BCUT2D eigenvalue weighted by Gasteiger charge is 2.37. The summed E-state index contributed by atoms with van der Waals surface area (Å²) in [6, 6.07) is 13.1. The van der Waals surface area contributed by atoms with Crippen molar-refractivity contribution in [3.63, 3.8) is 0 Å². The van der Waals surface area contributed by atoms with Gasteiger partial charge in [0.05, 0.1) is 24.2 Å². The summed E-state index contributed by atoms with van der Waals surface area (Å²) in [5.41, 5.74) is 2.50. The van der Waals surface area contributed by atoms with Crippen molar-refractivity contribution < 1.29 is 17.9 Å². The molecule has 0 aromatic heterocycles. The molecule has 3 rings (SSSR count). The first kappa shape index (κ1) is 19.9. The standard InChI is InChI=1S/C21H27NO4S/c1-5-25-19-11-16(3)21(12-15(19)2)27(23,24)22-13-20(26-14-17(22)4)18-9-7-6-8-10-18/h6-12,17,20H,5,13-14H2,1-4H3. The molecule has 1 fully saturated rings. The third-order valence-corrected chi connectivity index (χ3v) is 7.03. The molecule has 1 heterocycles. The van der Waals surface area contributed by atoms with Crippen molar-refractivity contribution in [2.24, 2.45) is 0 Å². The van der Waals surface area contributed by atoms with Crippen LogP contribution in [0.25, 0.3) is 0 Å². The second-order valence-electron chi connectivity index (χ2n) is 6.97. The number of rotatable bonds is 5. The Balaban J connectivity index is 1.94. The van der Waals surface area contributed by atoms with Gasteiger partial charge in [0.15, 0.2) is 0 Å². The monoisotopic (exact) mass is 389 g/mol. The van der Waals surface area contributed by atoms with Crippen molar-refractivity contribution in [1.82, 2.24) is 4.31 Å². The molecule has 27 heavy (non-hydrogen) atoms. The molecule has 1 aliphatic rings. The fraction of sp³-hybridized carbons (Fsp3) is 0.429. The van der Waals surface area contributed by atoms with Gasteiger partial charge in [-0.1, -0.05) is 30.3 Å². The van der Waals surface area contributed by atoms with Crippen LogP contribution < -0.4 is 4.74 Å². The van der Waals surface area contributed by atoms with Crippen LogP contribution >= 0.6 is 0 Å². The Labute approximate surface area is 162 Å². The second-order valence-corrected chi connectivity index (χ2v) is 8.83. The smallest absolute Gasteiger partial charge is 0.243 e. The van der Waals surface area contributed by atoms with E-state index < -0.39 is 10.0 Å². The minimum Gasteiger partial charge on any atom is -0.494 e. The van der Waals surface area contributed by atoms with Crippen molar-refractivity contribution >= 4 is 10.0 Å². The summed E-state index contributed by atoms with van der Waals surface area (Å²) in [6.07, 6.45) is -0.263. The molecule has 0 saturated carbocycles. The molecule has 146 valence electrons. The fourth-order valence-corrected chi connectivity index (χ4v) is 5.33. The Bertz CT molecular complexity index is 896. The predicted octanol–water partition coefficient (Wildman–Crippen LogP) is 3.85. The van der Waals surface area contributed by atoms with Crippen LogP contribution in [-0.4, -0.2) is 38.5 Å². The summed E-state index contributed by atoms with van der Waals surface area (Å²) in [5.74, 6) is 0.728. The average Bonchev–Trinajstić information content (AvgIpc) is 2.65. The molecule has 1 aliphatic heterocycles. The van der Waals surface area contributed by atoms with E-state index in [2.05, 4.69) is 0 Å². The first-order valence-corrected chi connectivity index (χ1v) is 10.7. The Morgan fingerprint density at radius 2 is 1.85 bits per heavy atom. The zero-order valence-corrected chi connectivity index (χ0v) is 17.1. The lowest BCUT2D eigenvalue weighted by atomic mass is 10.1. The molecule has 0 amide bonds. The van der Waals surface area contributed by atoms with Crippen LogP contribution in [0.5, 0.6) is 5.75 Å². The van der Waals surface area contributed by atoms with Gasteiger partial charge in [-0.25, -0.2) is 8.42 Å². The average molecular weight is 390 g/mol. The van der Waals surface area contributed by atoms with Crippen LogP contribution in [0.15, 0.2) is 47.4 Å². The van der Waals surface area contributed by atoms with Crippen LogP contribution in [0.2, 0.25) is 0 Å². The maximum atomic E-state index is 13.4. The predicted molar refractivity (Wildman–Crippen MR) is 106 cm³/mol. The van der Waals surface area contributed by atoms with Crippen LogP contribution in [-0.2, 0) is 14.8 Å². The van der Waals surface area contributed by atoms with E-state index in [4.69, 9.17) is 9.47 Å². The number of morpholine rings is 1. The van der Waals surface area contributed by atoms with Gasteiger partial charge in [-0.15, -0.1) is 0 Å². The number of benzene rings is 2. The summed E-state index contributed by atoms with van der Waals surface area (Å²) >= 11 is 0. The number of hydrogen-bond donors (Lipinski definition) is 0. The molecule has 1 saturated heterocycles. The van der Waals surface area contributed by atoms with Gasteiger partial charge in [-0.2, -0.15) is 4.31 Å². The van der Waals surface area contributed by atoms with Crippen LogP contribution in [0.3, 0.4) is 0 Å². The maximum absolute atomic E-state index is 13.4. The van der Waals surface area contributed by atoms with Crippen molar-refractivity contribution in [3.05, 3.63) is 59.2 Å². The molecular weight excluding hydrogens is 362 g/mol. The zero-order chi connectivity index (χ0) is 19.6. The van der Waals surface area contributed by atoms with Gasteiger partial charge in [0.2, 0.25) is 10.0 Å². The topological polar surface area (TPSA) is 55.8 Å². The molecule has 2 aromatic carbocycles. The number of aryl methyl sites for hydroxylation is 2. The molecule has 0 aliphatic carbocycles. The molecule has 2 unspecified atom stereocenters. The highest BCUT2D eigenvalue weighted by Crippen LogP contribution is 2.33. The van der Waals surface area contributed by atoms with Crippen molar-refractivity contribution in [1.29, 1.82) is 0 Å². The Kier molecular flexibility index (Phi) is 5.89. The van der Waals surface area contributed by atoms with E-state index in [9.17, 15) is 8.42 Å². The van der Waals surface area contributed by atoms with Gasteiger partial charge in [-0.3, -0.25) is 0 Å². The maximum Gasteiger partial charge on any atom is 0.243 e. The van der Waals surface area contributed by atoms with Crippen molar-refractivity contribution in [2.75, 3.05) is 19.8 Å². The molecule has 6 heteroatoms. The molecule has 0 radical (unpaired) electrons. The SMILES string of the molecule is CCOc1cc(C)c(S(=O)(=O)N2CC(c3ccccc3)OCC2C)cc1C. The van der Waals surface area contributed by atoms with Gasteiger partial charge in [0, 0.05) is 12.6 Å². The third kappa shape index (κ3) is 4.03. The van der Waals surface area contributed by atoms with Crippen LogP contribution in [0.1, 0.15) is 36.6 Å². The first-order chi connectivity index (χ1) is 12.8. The lowest BCUT2D eigenvalue weighted by Gasteiger charge is -2.37. The molecule has 0 spiro atoms. The second kappa shape index (κ2) is 8.00. The zero-order valence-electron chi connectivity index (χ0n) is 16.3. The minimum absolute atomic E-state index is 0.221. The van der Waals surface area contributed by atoms with Crippen LogP contribution in [0, 0.1) is 13.8 Å². The Morgan fingerprint density at radius 3 is 2.52 bits per heavy atom. The van der Waals surface area contributed by atoms with E-state index in [1.807, 2.05) is 64.1 Å². The lowest BCUT2D eigenvalue weighted by molar-refractivity contribution is -0.0288. The number of nitrogens with zero attached hydrogens (tertiary/aromatic N) is 1. The van der Waals surface area contributed by atoms with E-state index in [1.54, 1.807) is 10.4 Å². The largest absolute Gasteiger partial charge is 0.494 e. The third-order valence-electron chi connectivity index (χ3n) is 4.91. The normalized spacial score (nSPS) is 21.2. The van der Waals surface area contributed by atoms with Gasteiger partial charge in [0.25, 0.3) is 0 Å². The summed E-state index contributed by atoms with van der Waals surface area (Å²) in [4.78, 5) is 0.337. The summed E-state index contributed by atoms with van der Waals surface area (Å²) in [7, 11) is -3.64. The van der Waals surface area contributed by atoms with Crippen molar-refractivity contribution in [2.45, 2.75) is 44.7 Å². The minimum atomic E-state index is -3.64. The van der Waals surface area contributed by atoms with Crippen LogP contribution in [0.4, 0.5) is 0 Å². The summed E-state index contributed by atoms with van der Waals surface area (Å²) in [5, 5.41) is 0. The number of ether oxygens (including phenoxy) is 2. The van der Waals surface area contributed by atoms with Gasteiger partial charge in [0.1, 0.15) is 5.75 Å². The first-order valence-electron chi connectivity index (χ1n) is 9.27. The Hall–Kier alpha value is -1.89. The Morgan fingerprint density at radius 1 is 1.15 bits per heavy atom. The summed E-state index contributed by atoms with van der Waals surface area (Å²) in [6.45, 7) is 8.71. The van der Waals surface area contributed by atoms with E-state index in [-0.39, 0.29) is 12.1 Å². The molecule has 2 atom stereocenters. The van der Waals surface area contributed by atoms with Gasteiger partial charge in [-0.05, 0) is 56.5 Å². The number of sulfonamides is 1. The quantitative estimate of drug-likeness (QED) is 0.779. The molecule has 0 bridgehead atoms. The van der Waals surface area contributed by atoms with Crippen molar-refractivity contribution in [3.8, 4) is 5.75 Å². The van der Waals surface area contributed by atoms with Gasteiger partial charge < -0.3 is 9.47 Å². The van der Waals surface area contributed by atoms with E-state index in [0.717, 1.165) is 16.9 Å². The molecule has 0 N–H and O–H groups in total. The van der Waals surface area contributed by atoms with E-state index >= 15 is 0 Å². The van der Waals surface area contributed by atoms with E-state index in [0.29, 0.717) is 30.2 Å². The highest BCUT2D eigenvalue weighted by molar-refractivity contribution is 7.89. The lowest BCUT2D eigenvalue weighted by Crippen LogP contribution is -2.48. The van der Waals surface area contributed by atoms with E-state index in [1.165, 1.54) is 0 Å². The fourth-order valence-electron chi connectivity index (χ4n) is 3.42. The molecule has 2 aromatic rings. The summed E-state index contributed by atoms with van der Waals surface area (Å²) < 4.78 is 40.0. The molecular formula is C21H27NO4S. The highest BCUT2D eigenvalue weighted by atomic mass is 32.2. The van der Waals surface area contributed by atoms with Gasteiger partial charge >= 0.3 is 0 Å². The number of hydrogen-bond acceptors (Lipinski definition) is 4.